The van der Waals surface area contributed by atoms with Gasteiger partial charge in [0.25, 0.3) is 5.91 Å². The van der Waals surface area contributed by atoms with E-state index in [0.29, 0.717) is 28.6 Å². The Kier molecular flexibility index (Phi) is 9.92. The van der Waals surface area contributed by atoms with Gasteiger partial charge in [0, 0.05) is 41.5 Å². The van der Waals surface area contributed by atoms with Crippen LogP contribution in [0.5, 0.6) is 5.75 Å². The average molecular weight is 729 g/mol. The maximum absolute atomic E-state index is 14.0. The molecule has 7 atom stereocenters. The van der Waals surface area contributed by atoms with Gasteiger partial charge in [-0.25, -0.2) is 4.21 Å². The molecule has 10 heteroatoms. The molecular weight excluding hydrogens is 680 g/mol. The summed E-state index contributed by atoms with van der Waals surface area (Å²) in [5.74, 6) is 7.60. The number of anilines is 1. The first kappa shape index (κ1) is 34.7. The Labute approximate surface area is 300 Å². The van der Waals surface area contributed by atoms with Crippen molar-refractivity contribution >= 4 is 62.3 Å². The van der Waals surface area contributed by atoms with Crippen LogP contribution in [0.3, 0.4) is 0 Å². The third-order valence-corrected chi connectivity index (χ3v) is 17.5. The lowest BCUT2D eigenvalue weighted by atomic mass is 9.64. The molecule has 0 radical (unpaired) electrons. The first-order valence-electron chi connectivity index (χ1n) is 17.5. The standard InChI is InChI=1S/C38H49ClN2O4S3/c1-25-8-5-17-38(44-3,36-46-18-7-19-47-36)32-13-10-29(32)22-41-23-37(16-6-9-27-20-30(39)12-14-31(27)37)24-45-34-15-11-28(21-33(34)41)35(42)40-48(4,43)26(25)2/h5,11-12,14-15,17,20-21,25-26,29,32,36H,4,6-10,13,16,18-19,22-24H2,1-3H3,(H,40,42,43)/b17-5+/t25-,26+,29-,32+,37-,38-,48?/m0/s1. The highest BCUT2D eigenvalue weighted by Gasteiger charge is 2.53. The second-order valence-corrected chi connectivity index (χ2v) is 20.3. The number of carbonyl (C=O) groups excluding carboxylic acids is 1. The van der Waals surface area contributed by atoms with Crippen molar-refractivity contribution < 1.29 is 18.5 Å². The van der Waals surface area contributed by atoms with Crippen LogP contribution in [0.25, 0.3) is 0 Å². The summed E-state index contributed by atoms with van der Waals surface area (Å²) in [6.07, 6.45) is 11.9. The predicted octanol–water partition coefficient (Wildman–Crippen LogP) is 7.77. The number of amides is 1. The molecule has 1 spiro atoms. The van der Waals surface area contributed by atoms with Gasteiger partial charge in [-0.2, -0.15) is 0 Å². The highest BCUT2D eigenvalue weighted by atomic mass is 35.5. The minimum Gasteiger partial charge on any atom is -0.490 e. The topological polar surface area (TPSA) is 67.9 Å². The Morgan fingerprint density at radius 1 is 1.12 bits per heavy atom. The van der Waals surface area contributed by atoms with Crippen LogP contribution in [0, 0.1) is 17.8 Å². The zero-order chi connectivity index (χ0) is 33.7. The van der Waals surface area contributed by atoms with Crippen LogP contribution in [-0.4, -0.2) is 69.7 Å². The summed E-state index contributed by atoms with van der Waals surface area (Å²) < 4.78 is 30.5. The van der Waals surface area contributed by atoms with Gasteiger partial charge in [0.2, 0.25) is 0 Å². The second kappa shape index (κ2) is 13.7. The third kappa shape index (κ3) is 6.33. The molecule has 3 aliphatic heterocycles. The first-order valence-corrected chi connectivity index (χ1v) is 21.8. The first-order chi connectivity index (χ1) is 23.0. The summed E-state index contributed by atoms with van der Waals surface area (Å²) in [5.41, 5.74) is 3.42. The van der Waals surface area contributed by atoms with E-state index in [0.717, 1.165) is 79.6 Å². The maximum Gasteiger partial charge on any atom is 0.262 e. The minimum absolute atomic E-state index is 0.0539. The van der Waals surface area contributed by atoms with Crippen LogP contribution in [0.2, 0.25) is 5.02 Å². The summed E-state index contributed by atoms with van der Waals surface area (Å²) in [4.78, 5) is 16.2. The Bertz CT molecular complexity index is 1680. The molecule has 2 bridgehead atoms. The normalized spacial score (nSPS) is 36.5. The van der Waals surface area contributed by atoms with Gasteiger partial charge in [-0.3, -0.25) is 9.52 Å². The van der Waals surface area contributed by atoms with Crippen LogP contribution in [0.4, 0.5) is 5.69 Å². The van der Waals surface area contributed by atoms with Crippen molar-refractivity contribution in [1.82, 2.24) is 4.72 Å². The molecule has 260 valence electrons. The van der Waals surface area contributed by atoms with Gasteiger partial charge in [0.05, 0.1) is 26.6 Å². The number of carbonyl (C=O) groups is 1. The van der Waals surface area contributed by atoms with Gasteiger partial charge in [-0.05, 0) is 128 Å². The highest BCUT2D eigenvalue weighted by Crippen LogP contribution is 2.54. The van der Waals surface area contributed by atoms with Crippen LogP contribution in [-0.2, 0) is 26.3 Å². The Morgan fingerprint density at radius 2 is 1.94 bits per heavy atom. The average Bonchev–Trinajstić information content (AvgIpc) is 3.22. The second-order valence-electron chi connectivity index (χ2n) is 14.7. The largest absolute Gasteiger partial charge is 0.490 e. The lowest BCUT2D eigenvalue weighted by Gasteiger charge is -2.53. The van der Waals surface area contributed by atoms with Crippen molar-refractivity contribution in [2.45, 2.75) is 79.6 Å². The fourth-order valence-electron chi connectivity index (χ4n) is 8.70. The molecule has 2 fully saturated rings. The Morgan fingerprint density at radius 3 is 2.69 bits per heavy atom. The van der Waals surface area contributed by atoms with E-state index in [2.05, 4.69) is 46.7 Å². The van der Waals surface area contributed by atoms with Crippen molar-refractivity contribution in [2.75, 3.05) is 43.2 Å². The highest BCUT2D eigenvalue weighted by molar-refractivity contribution is 8.17. The molecule has 6 nitrogen and oxygen atoms in total. The molecule has 2 aromatic rings. The number of methoxy groups -OCH3 is 1. The molecule has 2 aromatic carbocycles. The molecule has 1 saturated carbocycles. The van der Waals surface area contributed by atoms with E-state index >= 15 is 0 Å². The van der Waals surface area contributed by atoms with Gasteiger partial charge in [-0.1, -0.05) is 36.7 Å². The van der Waals surface area contributed by atoms with Crippen LogP contribution in [0.1, 0.15) is 73.9 Å². The number of benzene rings is 2. The number of nitrogens with one attached hydrogen (secondary N) is 1. The van der Waals surface area contributed by atoms with Crippen molar-refractivity contribution in [3.8, 4) is 5.75 Å². The minimum atomic E-state index is -2.93. The zero-order valence-electron chi connectivity index (χ0n) is 28.4. The number of allylic oxidation sites excluding steroid dienone is 1. The Hall–Kier alpha value is -1.78. The zero-order valence-corrected chi connectivity index (χ0v) is 31.6. The summed E-state index contributed by atoms with van der Waals surface area (Å²) >= 11 is 10.6. The number of thioether (sulfide) groups is 2. The van der Waals surface area contributed by atoms with Crippen molar-refractivity contribution in [3.63, 3.8) is 0 Å². The van der Waals surface area contributed by atoms with E-state index < -0.39 is 15.3 Å². The number of nitrogens with zero attached hydrogens (tertiary/aromatic N) is 1. The summed E-state index contributed by atoms with van der Waals surface area (Å²) in [7, 11) is -1.03. The molecule has 48 heavy (non-hydrogen) atoms. The van der Waals surface area contributed by atoms with Gasteiger partial charge in [-0.15, -0.1) is 23.5 Å². The molecule has 2 aliphatic carbocycles. The molecule has 0 aromatic heterocycles. The lowest BCUT2D eigenvalue weighted by molar-refractivity contribution is -0.0639. The quantitative estimate of drug-likeness (QED) is 0.251. The number of hydrogen-bond acceptors (Lipinski definition) is 7. The van der Waals surface area contributed by atoms with Crippen molar-refractivity contribution in [2.24, 2.45) is 17.8 Å². The van der Waals surface area contributed by atoms with Gasteiger partial charge in [0.1, 0.15) is 11.4 Å². The summed E-state index contributed by atoms with van der Waals surface area (Å²) in [6, 6.07) is 12.0. The third-order valence-electron chi connectivity index (χ3n) is 11.9. The Balaban J connectivity index is 1.34. The van der Waals surface area contributed by atoms with Gasteiger partial charge >= 0.3 is 0 Å². The van der Waals surface area contributed by atoms with Gasteiger partial charge < -0.3 is 14.4 Å². The van der Waals surface area contributed by atoms with E-state index in [-0.39, 0.29) is 22.5 Å². The molecule has 1 N–H and O–H groups in total. The van der Waals surface area contributed by atoms with Gasteiger partial charge in [0.15, 0.2) is 0 Å². The van der Waals surface area contributed by atoms with E-state index in [1.54, 1.807) is 6.07 Å². The number of aryl methyl sites for hydroxylation is 1. The fourth-order valence-corrected chi connectivity index (χ4v) is 13.8. The number of ether oxygens (including phenoxy) is 2. The van der Waals surface area contributed by atoms with E-state index in [4.69, 9.17) is 21.1 Å². The van der Waals surface area contributed by atoms with Crippen molar-refractivity contribution in [3.05, 3.63) is 70.3 Å². The number of halogens is 1. The monoisotopic (exact) mass is 728 g/mol. The fraction of sp³-hybridized carbons (Fsp3) is 0.579. The van der Waals surface area contributed by atoms with Crippen LogP contribution in [0.15, 0.2) is 48.6 Å². The summed E-state index contributed by atoms with van der Waals surface area (Å²) in [6.45, 7) is 6.23. The van der Waals surface area contributed by atoms with E-state index in [1.165, 1.54) is 17.5 Å². The van der Waals surface area contributed by atoms with Crippen LogP contribution < -0.4 is 14.4 Å². The lowest BCUT2D eigenvalue weighted by Crippen LogP contribution is -2.56. The predicted molar refractivity (Wildman–Crippen MR) is 205 cm³/mol. The SMILES string of the molecule is C=S1(=O)NC(=O)c2ccc3c(c2)N(C[C@@H]2CC[C@H]2[C@](OC)(C2SCCCS2)/C=C/C[C@H](C)[C@H]1C)C[C@@]1(CCCc2cc(Cl)ccc21)CO3. The number of hydrogen-bond donors (Lipinski definition) is 1. The van der Waals surface area contributed by atoms with Crippen molar-refractivity contribution in [1.29, 1.82) is 0 Å². The molecule has 7 rings (SSSR count). The molecule has 5 aliphatic rings. The molecule has 1 saturated heterocycles. The smallest absolute Gasteiger partial charge is 0.262 e. The van der Waals surface area contributed by atoms with Crippen LogP contribution >= 0.6 is 35.1 Å². The van der Waals surface area contributed by atoms with E-state index in [9.17, 15) is 9.00 Å². The molecular formula is C38H49ClN2O4S3. The molecule has 3 heterocycles. The maximum atomic E-state index is 14.0. The molecule has 1 unspecified atom stereocenters. The molecule has 1 amide bonds. The number of rotatable bonds is 2. The van der Waals surface area contributed by atoms with E-state index in [1.807, 2.05) is 55.8 Å². The number of fused-ring (bicyclic) bond motifs is 4. The summed E-state index contributed by atoms with van der Waals surface area (Å²) in [5, 5.41) is 0.459.